The third kappa shape index (κ3) is 3.08. The molecule has 0 aliphatic rings. The topological polar surface area (TPSA) is 59.4 Å². The molecule has 94 valence electrons. The van der Waals surface area contributed by atoms with Gasteiger partial charge in [-0.05, 0) is 6.92 Å². The van der Waals surface area contributed by atoms with Crippen molar-refractivity contribution in [3.8, 4) is 5.75 Å². The quantitative estimate of drug-likeness (QED) is 0.654. The molecule has 0 aliphatic carbocycles. The van der Waals surface area contributed by atoms with Crippen molar-refractivity contribution in [1.82, 2.24) is 4.98 Å². The number of hydrogen-bond donors (Lipinski definition) is 1. The first kappa shape index (κ1) is 13.3. The molecular weight excluding hydrogens is 239 g/mol. The van der Waals surface area contributed by atoms with Gasteiger partial charge in [0, 0.05) is 17.3 Å². The van der Waals surface area contributed by atoms with Crippen molar-refractivity contribution < 1.29 is 27.8 Å². The summed E-state index contributed by atoms with van der Waals surface area (Å²) in [5.41, 5.74) is -1.18. The highest BCUT2D eigenvalue weighted by Crippen LogP contribution is 2.30. The summed E-state index contributed by atoms with van der Waals surface area (Å²) in [5, 5.41) is 9.27. The van der Waals surface area contributed by atoms with Gasteiger partial charge in [-0.25, -0.2) is 13.8 Å². The summed E-state index contributed by atoms with van der Waals surface area (Å²) >= 11 is 0. The van der Waals surface area contributed by atoms with Gasteiger partial charge in [0.2, 0.25) is 0 Å². The normalized spacial score (nSPS) is 10.6. The fraction of sp³-hybridized carbons (Fsp3) is 0.400. The van der Waals surface area contributed by atoms with E-state index in [4.69, 9.17) is 0 Å². The molecule has 0 aliphatic heterocycles. The maximum Gasteiger partial charge on any atom is 0.310 e. The number of carbonyl (C=O) groups is 1. The van der Waals surface area contributed by atoms with E-state index in [2.05, 4.69) is 9.72 Å². The fourth-order valence-electron chi connectivity index (χ4n) is 1.26. The molecule has 0 saturated heterocycles. The van der Waals surface area contributed by atoms with E-state index in [0.29, 0.717) is 6.20 Å². The first-order chi connectivity index (χ1) is 7.97. The summed E-state index contributed by atoms with van der Waals surface area (Å²) < 4.78 is 42.5. The monoisotopic (exact) mass is 249 g/mol. The summed E-state index contributed by atoms with van der Waals surface area (Å²) in [7, 11) is 0. The molecule has 0 spiro atoms. The lowest BCUT2D eigenvalue weighted by atomic mass is 10.1. The summed E-state index contributed by atoms with van der Waals surface area (Å²) in [6.07, 6.45) is -2.99. The van der Waals surface area contributed by atoms with Crippen LogP contribution in [0.25, 0.3) is 0 Å². The lowest BCUT2D eigenvalue weighted by Crippen LogP contribution is -2.11. The number of nitrogens with zero attached hydrogens (tertiary/aromatic N) is 1. The van der Waals surface area contributed by atoms with Crippen LogP contribution in [-0.2, 0) is 16.0 Å². The molecule has 0 radical (unpaired) electrons. The van der Waals surface area contributed by atoms with Crippen molar-refractivity contribution in [2.24, 2.45) is 0 Å². The zero-order valence-corrected chi connectivity index (χ0v) is 8.91. The Morgan fingerprint density at radius 1 is 1.59 bits per heavy atom. The van der Waals surface area contributed by atoms with Crippen molar-refractivity contribution in [3.63, 3.8) is 0 Å². The molecule has 0 bridgehead atoms. The van der Waals surface area contributed by atoms with Crippen molar-refractivity contribution in [3.05, 3.63) is 23.3 Å². The highest BCUT2D eigenvalue weighted by molar-refractivity contribution is 5.74. The highest BCUT2D eigenvalue weighted by atomic mass is 19.3. The predicted molar refractivity (Wildman–Crippen MR) is 51.2 cm³/mol. The zero-order valence-electron chi connectivity index (χ0n) is 8.91. The number of esters is 1. The summed E-state index contributed by atoms with van der Waals surface area (Å²) in [6, 6.07) is 0. The van der Waals surface area contributed by atoms with Gasteiger partial charge >= 0.3 is 5.97 Å². The van der Waals surface area contributed by atoms with E-state index in [-0.39, 0.29) is 6.61 Å². The molecule has 0 amide bonds. The molecule has 0 saturated carbocycles. The van der Waals surface area contributed by atoms with Gasteiger partial charge in [0.1, 0.15) is 0 Å². The molecule has 4 nitrogen and oxygen atoms in total. The Bertz CT molecular complexity index is 424. The van der Waals surface area contributed by atoms with E-state index in [0.717, 1.165) is 0 Å². The van der Waals surface area contributed by atoms with Gasteiger partial charge in [0.15, 0.2) is 5.75 Å². The number of halogens is 3. The smallest absolute Gasteiger partial charge is 0.310 e. The highest BCUT2D eigenvalue weighted by Gasteiger charge is 2.22. The van der Waals surface area contributed by atoms with Crippen LogP contribution in [0.5, 0.6) is 5.75 Å². The van der Waals surface area contributed by atoms with Crippen LogP contribution in [0.4, 0.5) is 13.2 Å². The maximum absolute atomic E-state index is 12.9. The van der Waals surface area contributed by atoms with Crippen LogP contribution in [-0.4, -0.2) is 22.7 Å². The third-order valence-electron chi connectivity index (χ3n) is 2.01. The van der Waals surface area contributed by atoms with Gasteiger partial charge < -0.3 is 9.84 Å². The SMILES string of the molecule is CCOC(=O)Cc1c(C(F)F)cnc(F)c1O. The molecule has 1 rings (SSSR count). The van der Waals surface area contributed by atoms with Gasteiger partial charge in [-0.1, -0.05) is 0 Å². The van der Waals surface area contributed by atoms with Crippen LogP contribution in [0.15, 0.2) is 6.20 Å². The number of rotatable bonds is 4. The van der Waals surface area contributed by atoms with Crippen molar-refractivity contribution in [1.29, 1.82) is 0 Å². The Morgan fingerprint density at radius 3 is 2.76 bits per heavy atom. The Balaban J connectivity index is 3.10. The van der Waals surface area contributed by atoms with Gasteiger partial charge in [0.25, 0.3) is 12.4 Å². The summed E-state index contributed by atoms with van der Waals surface area (Å²) in [4.78, 5) is 14.1. The Hall–Kier alpha value is -1.79. The van der Waals surface area contributed by atoms with E-state index in [1.54, 1.807) is 6.92 Å². The Labute approximate surface area is 95.0 Å². The molecule has 1 N–H and O–H groups in total. The first-order valence-electron chi connectivity index (χ1n) is 4.77. The molecule has 0 aromatic carbocycles. The van der Waals surface area contributed by atoms with E-state index >= 15 is 0 Å². The summed E-state index contributed by atoms with van der Waals surface area (Å²) in [6.45, 7) is 1.61. The minimum atomic E-state index is -2.96. The van der Waals surface area contributed by atoms with Crippen molar-refractivity contribution in [2.45, 2.75) is 19.8 Å². The van der Waals surface area contributed by atoms with Crippen LogP contribution in [0.1, 0.15) is 24.5 Å². The summed E-state index contributed by atoms with van der Waals surface area (Å²) in [5.74, 6) is -3.17. The third-order valence-corrected chi connectivity index (χ3v) is 2.01. The molecule has 0 atom stereocenters. The number of aromatic hydroxyl groups is 1. The minimum absolute atomic E-state index is 0.0666. The lowest BCUT2D eigenvalue weighted by Gasteiger charge is -2.10. The average Bonchev–Trinajstić information content (AvgIpc) is 2.25. The van der Waals surface area contributed by atoms with E-state index < -0.39 is 41.6 Å². The molecule has 1 heterocycles. The van der Waals surface area contributed by atoms with Crippen molar-refractivity contribution in [2.75, 3.05) is 6.61 Å². The van der Waals surface area contributed by atoms with Crippen LogP contribution in [0.3, 0.4) is 0 Å². The maximum atomic E-state index is 12.9. The molecule has 17 heavy (non-hydrogen) atoms. The standard InChI is InChI=1S/C10H10F3NO3/c1-2-17-7(15)3-5-6(9(11)12)4-14-10(13)8(5)16/h4,9,16H,2-3H2,1H3. The molecular formula is C10H10F3NO3. The molecule has 0 unspecified atom stereocenters. The van der Waals surface area contributed by atoms with E-state index in [9.17, 15) is 23.1 Å². The second-order valence-electron chi connectivity index (χ2n) is 3.11. The lowest BCUT2D eigenvalue weighted by molar-refractivity contribution is -0.142. The fourth-order valence-corrected chi connectivity index (χ4v) is 1.26. The Kier molecular flexibility index (Phi) is 4.30. The number of ether oxygens (including phenoxy) is 1. The minimum Gasteiger partial charge on any atom is -0.503 e. The predicted octanol–water partition coefficient (Wildman–Crippen LogP) is 1.97. The largest absolute Gasteiger partial charge is 0.503 e. The average molecular weight is 249 g/mol. The van der Waals surface area contributed by atoms with E-state index in [1.165, 1.54) is 0 Å². The van der Waals surface area contributed by atoms with Gasteiger partial charge in [0.05, 0.1) is 13.0 Å². The van der Waals surface area contributed by atoms with Crippen LogP contribution in [0, 0.1) is 5.95 Å². The molecule has 0 fully saturated rings. The van der Waals surface area contributed by atoms with Crippen molar-refractivity contribution >= 4 is 5.97 Å². The number of hydrogen-bond acceptors (Lipinski definition) is 4. The van der Waals surface area contributed by atoms with E-state index in [1.807, 2.05) is 0 Å². The molecule has 7 heteroatoms. The van der Waals surface area contributed by atoms with Crippen LogP contribution < -0.4 is 0 Å². The second-order valence-corrected chi connectivity index (χ2v) is 3.11. The van der Waals surface area contributed by atoms with Gasteiger partial charge in [-0.2, -0.15) is 4.39 Å². The molecule has 1 aromatic heterocycles. The van der Waals surface area contributed by atoms with Gasteiger partial charge in [-0.15, -0.1) is 0 Å². The molecule has 1 aromatic rings. The number of carbonyl (C=O) groups excluding carboxylic acids is 1. The number of aromatic nitrogens is 1. The zero-order chi connectivity index (χ0) is 13.0. The Morgan fingerprint density at radius 2 is 2.24 bits per heavy atom. The van der Waals surface area contributed by atoms with Crippen LogP contribution >= 0.6 is 0 Å². The van der Waals surface area contributed by atoms with Gasteiger partial charge in [-0.3, -0.25) is 4.79 Å². The number of alkyl halides is 2. The second kappa shape index (κ2) is 5.51. The number of pyridine rings is 1. The van der Waals surface area contributed by atoms with Crippen LogP contribution in [0.2, 0.25) is 0 Å². The first-order valence-corrected chi connectivity index (χ1v) is 4.77.